The summed E-state index contributed by atoms with van der Waals surface area (Å²) in [6, 6.07) is 3.56. The maximum Gasteiger partial charge on any atom is 0.246 e. The fourth-order valence-corrected chi connectivity index (χ4v) is 3.95. The second-order valence-corrected chi connectivity index (χ2v) is 8.16. The van der Waals surface area contributed by atoms with Crippen molar-refractivity contribution in [3.05, 3.63) is 55.3 Å². The molecule has 34 heavy (non-hydrogen) atoms. The molecule has 0 aromatic carbocycles. The maximum atomic E-state index is 12.5. The molecular formula is C24H28N6O4. The van der Waals surface area contributed by atoms with Crippen LogP contribution in [0.1, 0.15) is 31.5 Å². The van der Waals surface area contributed by atoms with E-state index < -0.39 is 0 Å². The minimum atomic E-state index is -0.0808. The average Bonchev–Trinajstić information content (AvgIpc) is 2.89. The fraction of sp³-hybridized carbons (Fsp3) is 0.417. The van der Waals surface area contributed by atoms with Crippen LogP contribution >= 0.6 is 0 Å². The minimum absolute atomic E-state index is 0.0151. The molecule has 0 unspecified atom stereocenters. The van der Waals surface area contributed by atoms with Gasteiger partial charge in [0, 0.05) is 70.2 Å². The van der Waals surface area contributed by atoms with E-state index in [2.05, 4.69) is 26.7 Å². The van der Waals surface area contributed by atoms with E-state index in [4.69, 9.17) is 9.47 Å². The Morgan fingerprint density at radius 2 is 1.56 bits per heavy atom. The number of amides is 2. The maximum absolute atomic E-state index is 12.5. The van der Waals surface area contributed by atoms with E-state index in [0.29, 0.717) is 43.6 Å². The summed E-state index contributed by atoms with van der Waals surface area (Å²) in [7, 11) is 0. The zero-order valence-electron chi connectivity index (χ0n) is 19.0. The van der Waals surface area contributed by atoms with Crippen LogP contribution in [0.2, 0.25) is 0 Å². The molecule has 2 fully saturated rings. The Morgan fingerprint density at radius 3 is 2.15 bits per heavy atom. The molecule has 10 heteroatoms. The average molecular weight is 465 g/mol. The molecule has 10 nitrogen and oxygen atoms in total. The molecule has 0 N–H and O–H groups in total. The van der Waals surface area contributed by atoms with Crippen LogP contribution in [-0.4, -0.2) is 80.2 Å². The number of carbonyl (C=O) groups excluding carboxylic acids is 2. The lowest BCUT2D eigenvalue weighted by atomic mass is 10.1. The summed E-state index contributed by atoms with van der Waals surface area (Å²) in [5.74, 6) is 1.38. The van der Waals surface area contributed by atoms with Gasteiger partial charge >= 0.3 is 0 Å². The minimum Gasteiger partial charge on any atom is -0.487 e. The first-order valence-electron chi connectivity index (χ1n) is 11.4. The smallest absolute Gasteiger partial charge is 0.246 e. The lowest BCUT2D eigenvalue weighted by Crippen LogP contribution is -2.41. The first-order valence-corrected chi connectivity index (χ1v) is 11.4. The molecule has 2 aliphatic heterocycles. The molecule has 0 radical (unpaired) electrons. The van der Waals surface area contributed by atoms with E-state index in [1.807, 2.05) is 0 Å². The number of hydrogen-bond donors (Lipinski definition) is 0. The highest BCUT2D eigenvalue weighted by Crippen LogP contribution is 2.19. The van der Waals surface area contributed by atoms with Gasteiger partial charge in [0.25, 0.3) is 0 Å². The number of carbonyl (C=O) groups is 2. The monoisotopic (exact) mass is 464 g/mol. The number of aromatic nitrogens is 4. The summed E-state index contributed by atoms with van der Waals surface area (Å²) in [4.78, 5) is 36.3. The third kappa shape index (κ3) is 6.37. The molecule has 0 spiro atoms. The molecule has 2 saturated heterocycles. The molecule has 0 bridgehead atoms. The summed E-state index contributed by atoms with van der Waals surface area (Å²) >= 11 is 0. The first-order chi connectivity index (χ1) is 16.6. The van der Waals surface area contributed by atoms with Gasteiger partial charge in [-0.1, -0.05) is 6.58 Å². The van der Waals surface area contributed by atoms with Crippen molar-refractivity contribution in [2.24, 2.45) is 0 Å². The SMILES string of the molecule is C=CC(=O)N1CCC(Oc2cnc(/C=C/C(=O)N3CCC(Oc4cccnn4)CC3)nc2)CC1. The largest absolute Gasteiger partial charge is 0.487 e. The molecule has 178 valence electrons. The van der Waals surface area contributed by atoms with Crippen molar-refractivity contribution in [3.8, 4) is 11.6 Å². The fourth-order valence-electron chi connectivity index (χ4n) is 3.95. The zero-order chi connectivity index (χ0) is 23.8. The quantitative estimate of drug-likeness (QED) is 0.572. The number of nitrogens with zero attached hydrogens (tertiary/aromatic N) is 6. The van der Waals surface area contributed by atoms with E-state index in [1.165, 1.54) is 12.2 Å². The van der Waals surface area contributed by atoms with Crippen LogP contribution in [0, 0.1) is 0 Å². The van der Waals surface area contributed by atoms with Crippen LogP contribution in [-0.2, 0) is 9.59 Å². The van der Waals surface area contributed by atoms with Crippen molar-refractivity contribution in [2.45, 2.75) is 37.9 Å². The van der Waals surface area contributed by atoms with Crippen molar-refractivity contribution >= 4 is 17.9 Å². The van der Waals surface area contributed by atoms with E-state index in [-0.39, 0.29) is 24.0 Å². The Balaban J connectivity index is 1.20. The highest BCUT2D eigenvalue weighted by molar-refractivity contribution is 5.91. The molecule has 2 aliphatic rings. The number of rotatable bonds is 7. The molecule has 2 aromatic heterocycles. The van der Waals surface area contributed by atoms with Crippen molar-refractivity contribution in [1.82, 2.24) is 30.0 Å². The van der Waals surface area contributed by atoms with Crippen LogP contribution in [0.5, 0.6) is 11.6 Å². The molecular weight excluding hydrogens is 436 g/mol. The van der Waals surface area contributed by atoms with E-state index in [0.717, 1.165) is 25.7 Å². The number of likely N-dealkylation sites (tertiary alicyclic amines) is 2. The van der Waals surface area contributed by atoms with Crippen LogP contribution < -0.4 is 9.47 Å². The van der Waals surface area contributed by atoms with Crippen molar-refractivity contribution in [3.63, 3.8) is 0 Å². The third-order valence-electron chi connectivity index (χ3n) is 5.84. The summed E-state index contributed by atoms with van der Waals surface area (Å²) in [5, 5.41) is 7.75. The first kappa shape index (κ1) is 23.3. The van der Waals surface area contributed by atoms with Gasteiger partial charge in [-0.05, 0) is 18.2 Å². The van der Waals surface area contributed by atoms with Gasteiger partial charge in [0.15, 0.2) is 11.6 Å². The topological polar surface area (TPSA) is 111 Å². The Bertz CT molecular complexity index is 998. The van der Waals surface area contributed by atoms with Gasteiger partial charge in [-0.25, -0.2) is 9.97 Å². The molecule has 4 heterocycles. The van der Waals surface area contributed by atoms with Crippen LogP contribution in [0.4, 0.5) is 0 Å². The van der Waals surface area contributed by atoms with Gasteiger partial charge in [0.05, 0.1) is 12.4 Å². The Labute approximate surface area is 198 Å². The Hall–Kier alpha value is -3.82. The summed E-state index contributed by atoms with van der Waals surface area (Å²) in [6.07, 6.45) is 12.2. The molecule has 0 atom stereocenters. The lowest BCUT2D eigenvalue weighted by molar-refractivity contribution is -0.128. The normalized spacial score (nSPS) is 17.5. The van der Waals surface area contributed by atoms with Crippen molar-refractivity contribution < 1.29 is 19.1 Å². The Morgan fingerprint density at radius 1 is 0.941 bits per heavy atom. The second-order valence-electron chi connectivity index (χ2n) is 8.16. The second kappa shape index (κ2) is 11.4. The third-order valence-corrected chi connectivity index (χ3v) is 5.84. The number of hydrogen-bond acceptors (Lipinski definition) is 8. The van der Waals surface area contributed by atoms with Crippen LogP contribution in [0.3, 0.4) is 0 Å². The zero-order valence-corrected chi connectivity index (χ0v) is 19.0. The Kier molecular flexibility index (Phi) is 7.79. The van der Waals surface area contributed by atoms with Crippen LogP contribution in [0.15, 0.2) is 49.5 Å². The molecule has 2 amide bonds. The van der Waals surface area contributed by atoms with Gasteiger partial charge < -0.3 is 19.3 Å². The van der Waals surface area contributed by atoms with E-state index >= 15 is 0 Å². The highest BCUT2D eigenvalue weighted by Gasteiger charge is 2.24. The van der Waals surface area contributed by atoms with Crippen molar-refractivity contribution in [2.75, 3.05) is 26.2 Å². The van der Waals surface area contributed by atoms with Gasteiger partial charge in [-0.2, -0.15) is 5.10 Å². The summed E-state index contributed by atoms with van der Waals surface area (Å²) in [5.41, 5.74) is 0. The number of piperidine rings is 2. The van der Waals surface area contributed by atoms with E-state index in [1.54, 1.807) is 46.6 Å². The van der Waals surface area contributed by atoms with Gasteiger partial charge in [0.2, 0.25) is 17.7 Å². The molecule has 0 aliphatic carbocycles. The predicted molar refractivity (Wildman–Crippen MR) is 124 cm³/mol. The summed E-state index contributed by atoms with van der Waals surface area (Å²) in [6.45, 7) is 6.03. The van der Waals surface area contributed by atoms with Crippen molar-refractivity contribution in [1.29, 1.82) is 0 Å². The predicted octanol–water partition coefficient (Wildman–Crippen LogP) is 1.91. The standard InChI is InChI=1S/C24H28N6O4/c1-2-23(31)29-12-7-18(8-13-29)33-20-16-25-21(26-17-20)5-6-24(32)30-14-9-19(10-15-30)34-22-4-3-11-27-28-22/h2-6,11,16-19H,1,7-10,12-15H2/b6-5+. The van der Waals surface area contributed by atoms with E-state index in [9.17, 15) is 9.59 Å². The molecule has 2 aromatic rings. The van der Waals surface area contributed by atoms with Gasteiger partial charge in [0.1, 0.15) is 12.2 Å². The van der Waals surface area contributed by atoms with Crippen LogP contribution in [0.25, 0.3) is 6.08 Å². The highest BCUT2D eigenvalue weighted by atomic mass is 16.5. The number of ether oxygens (including phenoxy) is 2. The lowest BCUT2D eigenvalue weighted by Gasteiger charge is -2.31. The van der Waals surface area contributed by atoms with Gasteiger partial charge in [-0.15, -0.1) is 5.10 Å². The molecule has 4 rings (SSSR count). The van der Waals surface area contributed by atoms with Gasteiger partial charge in [-0.3, -0.25) is 9.59 Å². The summed E-state index contributed by atoms with van der Waals surface area (Å²) < 4.78 is 11.8. The molecule has 0 saturated carbocycles.